The van der Waals surface area contributed by atoms with Crippen LogP contribution in [-0.4, -0.2) is 20.1 Å². The summed E-state index contributed by atoms with van der Waals surface area (Å²) in [7, 11) is -3.46. The molecular formula is C10H14BrNO3S2. The van der Waals surface area contributed by atoms with Gasteiger partial charge in [-0.05, 0) is 40.3 Å². The van der Waals surface area contributed by atoms with Crippen molar-refractivity contribution in [2.24, 2.45) is 11.8 Å². The molecule has 96 valence electrons. The molecule has 0 bridgehead atoms. The summed E-state index contributed by atoms with van der Waals surface area (Å²) < 4.78 is 27.2. The molecule has 0 radical (unpaired) electrons. The van der Waals surface area contributed by atoms with Gasteiger partial charge in [0.1, 0.15) is 4.90 Å². The first-order valence-corrected chi connectivity index (χ1v) is 8.42. The Morgan fingerprint density at radius 1 is 1.65 bits per heavy atom. The molecule has 1 aromatic rings. The van der Waals surface area contributed by atoms with Gasteiger partial charge in [-0.15, -0.1) is 11.3 Å². The van der Waals surface area contributed by atoms with E-state index in [1.807, 2.05) is 0 Å². The maximum Gasteiger partial charge on any atom is 0.242 e. The summed E-state index contributed by atoms with van der Waals surface area (Å²) in [5.74, 6) is 1.09. The van der Waals surface area contributed by atoms with E-state index < -0.39 is 10.0 Å². The number of hydrogen-bond donors (Lipinski definition) is 2. The second kappa shape index (κ2) is 4.97. The van der Waals surface area contributed by atoms with E-state index in [2.05, 4.69) is 27.6 Å². The van der Waals surface area contributed by atoms with E-state index in [1.54, 1.807) is 0 Å². The van der Waals surface area contributed by atoms with Crippen molar-refractivity contribution < 1.29 is 13.5 Å². The molecule has 1 fully saturated rings. The van der Waals surface area contributed by atoms with Gasteiger partial charge >= 0.3 is 0 Å². The van der Waals surface area contributed by atoms with Crippen molar-refractivity contribution in [1.82, 2.24) is 4.72 Å². The van der Waals surface area contributed by atoms with Gasteiger partial charge in [-0.2, -0.15) is 0 Å². The number of thiophene rings is 1. The average Bonchev–Trinajstić information content (AvgIpc) is 2.82. The summed E-state index contributed by atoms with van der Waals surface area (Å²) in [5, 5.41) is 8.98. The first-order chi connectivity index (χ1) is 7.94. The topological polar surface area (TPSA) is 66.4 Å². The highest BCUT2D eigenvalue weighted by molar-refractivity contribution is 9.11. The molecule has 4 nitrogen and oxygen atoms in total. The van der Waals surface area contributed by atoms with Crippen LogP contribution in [0.4, 0.5) is 0 Å². The molecule has 1 aromatic heterocycles. The van der Waals surface area contributed by atoms with Crippen molar-refractivity contribution in [3.8, 4) is 0 Å². The molecule has 2 atom stereocenters. The largest absolute Gasteiger partial charge is 0.391 e. The molecule has 2 unspecified atom stereocenters. The standard InChI is InChI=1S/C10H14BrNO3S2/c1-6-2-7(6)4-12-17(14,15)9-3-8(5-13)16-10(9)11/h3,6-7,12-13H,2,4-5H2,1H3. The van der Waals surface area contributed by atoms with E-state index in [0.29, 0.717) is 27.0 Å². The van der Waals surface area contributed by atoms with E-state index in [4.69, 9.17) is 5.11 Å². The summed E-state index contributed by atoms with van der Waals surface area (Å²) in [6, 6.07) is 1.51. The monoisotopic (exact) mass is 339 g/mol. The predicted molar refractivity (Wildman–Crippen MR) is 70.4 cm³/mol. The molecule has 0 amide bonds. The minimum absolute atomic E-state index is 0.140. The van der Waals surface area contributed by atoms with Crippen LogP contribution in [0.3, 0.4) is 0 Å². The molecule has 0 saturated heterocycles. The highest BCUT2D eigenvalue weighted by Gasteiger charge is 2.33. The molecular weight excluding hydrogens is 326 g/mol. The Kier molecular flexibility index (Phi) is 3.94. The van der Waals surface area contributed by atoms with E-state index in [1.165, 1.54) is 17.4 Å². The highest BCUT2D eigenvalue weighted by atomic mass is 79.9. The normalized spacial score (nSPS) is 23.9. The Balaban J connectivity index is 2.10. The lowest BCUT2D eigenvalue weighted by Gasteiger charge is -2.04. The van der Waals surface area contributed by atoms with Crippen LogP contribution in [0.25, 0.3) is 0 Å². The van der Waals surface area contributed by atoms with Crippen LogP contribution in [0.15, 0.2) is 14.7 Å². The molecule has 17 heavy (non-hydrogen) atoms. The second-order valence-corrected chi connectivity index (χ2v) is 8.52. The predicted octanol–water partition coefficient (Wildman–Crippen LogP) is 1.94. The van der Waals surface area contributed by atoms with Gasteiger partial charge in [0.05, 0.1) is 10.4 Å². The van der Waals surface area contributed by atoms with Crippen molar-refractivity contribution >= 4 is 37.3 Å². The summed E-state index contributed by atoms with van der Waals surface area (Å²) in [4.78, 5) is 0.858. The lowest BCUT2D eigenvalue weighted by Crippen LogP contribution is -2.26. The van der Waals surface area contributed by atoms with Crippen LogP contribution in [-0.2, 0) is 16.6 Å². The Morgan fingerprint density at radius 2 is 2.29 bits per heavy atom. The van der Waals surface area contributed by atoms with Crippen LogP contribution in [0, 0.1) is 11.8 Å². The number of aliphatic hydroxyl groups is 1. The van der Waals surface area contributed by atoms with Crippen LogP contribution < -0.4 is 4.72 Å². The summed E-state index contributed by atoms with van der Waals surface area (Å²) in [6.45, 7) is 2.47. The molecule has 0 aromatic carbocycles. The fourth-order valence-electron chi connectivity index (χ4n) is 1.64. The molecule has 1 heterocycles. The number of aliphatic hydroxyl groups excluding tert-OH is 1. The van der Waals surface area contributed by atoms with E-state index >= 15 is 0 Å². The number of sulfonamides is 1. The Morgan fingerprint density at radius 3 is 2.76 bits per heavy atom. The quantitative estimate of drug-likeness (QED) is 0.861. The fraction of sp³-hybridized carbons (Fsp3) is 0.600. The third kappa shape index (κ3) is 3.08. The number of nitrogens with one attached hydrogen (secondary N) is 1. The van der Waals surface area contributed by atoms with Gasteiger partial charge in [0.25, 0.3) is 0 Å². The van der Waals surface area contributed by atoms with E-state index in [-0.39, 0.29) is 11.5 Å². The van der Waals surface area contributed by atoms with Gasteiger partial charge in [0.15, 0.2) is 0 Å². The third-order valence-corrected chi connectivity index (χ3v) is 6.62. The zero-order chi connectivity index (χ0) is 12.6. The maximum atomic E-state index is 12.0. The van der Waals surface area contributed by atoms with Crippen LogP contribution in [0.1, 0.15) is 18.2 Å². The lowest BCUT2D eigenvalue weighted by atomic mass is 10.3. The summed E-state index contributed by atoms with van der Waals surface area (Å²) in [5.41, 5.74) is 0. The maximum absolute atomic E-state index is 12.0. The number of rotatable bonds is 5. The fourth-order valence-corrected chi connectivity index (χ4v) is 5.27. The SMILES string of the molecule is CC1CC1CNS(=O)(=O)c1cc(CO)sc1Br. The van der Waals surface area contributed by atoms with Crippen LogP contribution in [0.5, 0.6) is 0 Å². The first-order valence-electron chi connectivity index (χ1n) is 5.32. The molecule has 2 N–H and O–H groups in total. The Bertz CT molecular complexity index is 512. The number of halogens is 1. The first kappa shape index (κ1) is 13.5. The van der Waals surface area contributed by atoms with Gasteiger partial charge in [-0.1, -0.05) is 6.92 Å². The van der Waals surface area contributed by atoms with Gasteiger partial charge in [-0.3, -0.25) is 0 Å². The summed E-state index contributed by atoms with van der Waals surface area (Å²) >= 11 is 4.46. The summed E-state index contributed by atoms with van der Waals surface area (Å²) in [6.07, 6.45) is 1.09. The zero-order valence-electron chi connectivity index (χ0n) is 9.31. The molecule has 2 rings (SSSR count). The Hall–Kier alpha value is 0.0500. The lowest BCUT2D eigenvalue weighted by molar-refractivity contribution is 0.285. The highest BCUT2D eigenvalue weighted by Crippen LogP contribution is 2.37. The van der Waals surface area contributed by atoms with Crippen molar-refractivity contribution in [3.63, 3.8) is 0 Å². The van der Waals surface area contributed by atoms with Crippen molar-refractivity contribution in [3.05, 3.63) is 14.7 Å². The van der Waals surface area contributed by atoms with Crippen molar-refractivity contribution in [1.29, 1.82) is 0 Å². The zero-order valence-corrected chi connectivity index (χ0v) is 12.5. The van der Waals surface area contributed by atoms with E-state index in [0.717, 1.165) is 6.42 Å². The minimum Gasteiger partial charge on any atom is -0.391 e. The molecule has 1 saturated carbocycles. The molecule has 1 aliphatic carbocycles. The van der Waals surface area contributed by atoms with Crippen molar-refractivity contribution in [2.45, 2.75) is 24.8 Å². The van der Waals surface area contributed by atoms with Gasteiger partial charge in [0.2, 0.25) is 10.0 Å². The number of hydrogen-bond acceptors (Lipinski definition) is 4. The van der Waals surface area contributed by atoms with Crippen molar-refractivity contribution in [2.75, 3.05) is 6.54 Å². The molecule has 1 aliphatic rings. The third-order valence-electron chi connectivity index (χ3n) is 2.96. The van der Waals surface area contributed by atoms with Crippen LogP contribution in [0.2, 0.25) is 0 Å². The molecule has 7 heteroatoms. The smallest absolute Gasteiger partial charge is 0.242 e. The van der Waals surface area contributed by atoms with Gasteiger partial charge in [-0.25, -0.2) is 13.1 Å². The molecule has 0 aliphatic heterocycles. The van der Waals surface area contributed by atoms with Gasteiger partial charge in [0, 0.05) is 11.4 Å². The van der Waals surface area contributed by atoms with E-state index in [9.17, 15) is 8.42 Å². The minimum atomic E-state index is -3.46. The molecule has 0 spiro atoms. The second-order valence-electron chi connectivity index (χ2n) is 4.33. The van der Waals surface area contributed by atoms with Crippen LogP contribution >= 0.6 is 27.3 Å². The Labute approximate surface area is 113 Å². The average molecular weight is 340 g/mol. The van der Waals surface area contributed by atoms with Gasteiger partial charge < -0.3 is 5.11 Å².